The molecule has 0 amide bonds. The standard InChI is InChI=1S/C8H10ClF2N3O/c9-6-1-4(12)2-7(14-6)13-3-5(15)8(10)11/h1-2,5,8,15H,3H2,(H3,12,13,14). The Balaban J connectivity index is 2.57. The highest BCUT2D eigenvalue weighted by molar-refractivity contribution is 6.29. The predicted octanol–water partition coefficient (Wildman–Crippen LogP) is 1.36. The number of nitrogen functional groups attached to an aromatic ring is 1. The molecule has 1 atom stereocenters. The summed E-state index contributed by atoms with van der Waals surface area (Å²) in [5.74, 6) is 0.250. The van der Waals surface area contributed by atoms with E-state index in [1.165, 1.54) is 12.1 Å². The van der Waals surface area contributed by atoms with Gasteiger partial charge in [0, 0.05) is 18.3 Å². The first kappa shape index (κ1) is 11.9. The molecule has 0 saturated carbocycles. The minimum absolute atomic E-state index is 0.157. The molecule has 15 heavy (non-hydrogen) atoms. The van der Waals surface area contributed by atoms with Crippen LogP contribution < -0.4 is 11.1 Å². The smallest absolute Gasteiger partial charge is 0.265 e. The fourth-order valence-electron chi connectivity index (χ4n) is 0.905. The maximum atomic E-state index is 11.9. The first-order chi connectivity index (χ1) is 6.99. The van der Waals surface area contributed by atoms with Crippen LogP contribution in [0.25, 0.3) is 0 Å². The molecule has 0 fully saturated rings. The highest BCUT2D eigenvalue weighted by Crippen LogP contribution is 2.15. The zero-order chi connectivity index (χ0) is 11.4. The average molecular weight is 238 g/mol. The van der Waals surface area contributed by atoms with Crippen molar-refractivity contribution in [1.29, 1.82) is 0 Å². The zero-order valence-corrected chi connectivity index (χ0v) is 8.38. The van der Waals surface area contributed by atoms with Crippen LogP contribution in [-0.4, -0.2) is 29.2 Å². The van der Waals surface area contributed by atoms with E-state index in [1.807, 2.05) is 0 Å². The molecule has 1 heterocycles. The van der Waals surface area contributed by atoms with Crippen LogP contribution in [0.1, 0.15) is 0 Å². The molecule has 0 spiro atoms. The quantitative estimate of drug-likeness (QED) is 0.692. The Morgan fingerprint density at radius 2 is 2.20 bits per heavy atom. The Kier molecular flexibility index (Phi) is 4.05. The number of hydrogen-bond acceptors (Lipinski definition) is 4. The topological polar surface area (TPSA) is 71.2 Å². The number of halogens is 3. The Hall–Kier alpha value is -1.14. The van der Waals surface area contributed by atoms with Crippen molar-refractivity contribution in [2.75, 3.05) is 17.6 Å². The molecular weight excluding hydrogens is 228 g/mol. The Morgan fingerprint density at radius 1 is 1.53 bits per heavy atom. The van der Waals surface area contributed by atoms with E-state index in [2.05, 4.69) is 10.3 Å². The lowest BCUT2D eigenvalue weighted by atomic mass is 10.3. The van der Waals surface area contributed by atoms with Crippen molar-refractivity contribution < 1.29 is 13.9 Å². The minimum Gasteiger partial charge on any atom is -0.399 e. The van der Waals surface area contributed by atoms with Gasteiger partial charge in [-0.2, -0.15) is 0 Å². The molecule has 0 aromatic carbocycles. The second kappa shape index (κ2) is 5.09. The van der Waals surface area contributed by atoms with Crippen LogP contribution in [0.2, 0.25) is 5.15 Å². The lowest BCUT2D eigenvalue weighted by molar-refractivity contribution is 0.00381. The van der Waals surface area contributed by atoms with Gasteiger partial charge in [0.2, 0.25) is 0 Å². The van der Waals surface area contributed by atoms with Crippen molar-refractivity contribution in [3.8, 4) is 0 Å². The van der Waals surface area contributed by atoms with Gasteiger partial charge < -0.3 is 16.2 Å². The first-order valence-corrected chi connectivity index (χ1v) is 4.50. The van der Waals surface area contributed by atoms with Crippen molar-refractivity contribution in [3.63, 3.8) is 0 Å². The molecular formula is C8H10ClF2N3O. The van der Waals surface area contributed by atoms with E-state index < -0.39 is 12.5 Å². The zero-order valence-electron chi connectivity index (χ0n) is 7.62. The van der Waals surface area contributed by atoms with Gasteiger partial charge in [0.05, 0.1) is 0 Å². The molecule has 84 valence electrons. The highest BCUT2D eigenvalue weighted by Gasteiger charge is 2.16. The molecule has 1 aromatic rings. The summed E-state index contributed by atoms with van der Waals surface area (Å²) in [5, 5.41) is 11.5. The lowest BCUT2D eigenvalue weighted by Gasteiger charge is -2.11. The van der Waals surface area contributed by atoms with E-state index in [0.29, 0.717) is 5.69 Å². The maximum absolute atomic E-state index is 11.9. The van der Waals surface area contributed by atoms with Crippen LogP contribution >= 0.6 is 11.6 Å². The van der Waals surface area contributed by atoms with Gasteiger partial charge in [-0.1, -0.05) is 11.6 Å². The molecule has 0 aliphatic rings. The number of nitrogens with zero attached hydrogens (tertiary/aromatic N) is 1. The van der Waals surface area contributed by atoms with E-state index in [0.717, 1.165) is 0 Å². The molecule has 1 unspecified atom stereocenters. The summed E-state index contributed by atoms with van der Waals surface area (Å²) in [5.41, 5.74) is 5.82. The van der Waals surface area contributed by atoms with Gasteiger partial charge in [-0.05, 0) is 6.07 Å². The van der Waals surface area contributed by atoms with Gasteiger partial charge in [0.1, 0.15) is 17.1 Å². The highest BCUT2D eigenvalue weighted by atomic mass is 35.5. The Labute approximate surface area is 90.1 Å². The van der Waals surface area contributed by atoms with Crippen LogP contribution in [0.15, 0.2) is 12.1 Å². The van der Waals surface area contributed by atoms with Crippen molar-refractivity contribution in [1.82, 2.24) is 4.98 Å². The Morgan fingerprint density at radius 3 is 2.73 bits per heavy atom. The van der Waals surface area contributed by atoms with E-state index in [1.54, 1.807) is 0 Å². The number of nitrogens with one attached hydrogen (secondary N) is 1. The van der Waals surface area contributed by atoms with Gasteiger partial charge in [0.25, 0.3) is 6.43 Å². The number of nitrogens with two attached hydrogens (primary N) is 1. The van der Waals surface area contributed by atoms with Gasteiger partial charge in [-0.3, -0.25) is 0 Å². The van der Waals surface area contributed by atoms with Crippen molar-refractivity contribution in [3.05, 3.63) is 17.3 Å². The van der Waals surface area contributed by atoms with Gasteiger partial charge in [0.15, 0.2) is 0 Å². The lowest BCUT2D eigenvalue weighted by Crippen LogP contribution is -2.27. The minimum atomic E-state index is -2.80. The molecule has 4 N–H and O–H groups in total. The number of rotatable bonds is 4. The van der Waals surface area contributed by atoms with Crippen LogP contribution in [0.5, 0.6) is 0 Å². The normalized spacial score (nSPS) is 12.9. The van der Waals surface area contributed by atoms with Gasteiger partial charge in [-0.15, -0.1) is 0 Å². The van der Waals surface area contributed by atoms with E-state index in [9.17, 15) is 8.78 Å². The van der Waals surface area contributed by atoms with Crippen LogP contribution in [-0.2, 0) is 0 Å². The van der Waals surface area contributed by atoms with E-state index in [-0.39, 0.29) is 17.5 Å². The number of alkyl halides is 2. The second-order valence-corrected chi connectivity index (χ2v) is 3.28. The average Bonchev–Trinajstić information content (AvgIpc) is 2.12. The summed E-state index contributed by atoms with van der Waals surface area (Å²) in [7, 11) is 0. The summed E-state index contributed by atoms with van der Waals surface area (Å²) in [6.45, 7) is -0.315. The number of aliphatic hydroxyl groups is 1. The molecule has 0 radical (unpaired) electrons. The number of aromatic nitrogens is 1. The number of pyridine rings is 1. The third-order valence-corrected chi connectivity index (χ3v) is 1.79. The summed E-state index contributed by atoms with van der Waals surface area (Å²) in [4.78, 5) is 3.78. The third kappa shape index (κ3) is 3.85. The fourth-order valence-corrected chi connectivity index (χ4v) is 1.12. The van der Waals surface area contributed by atoms with Crippen molar-refractivity contribution in [2.45, 2.75) is 12.5 Å². The fraction of sp³-hybridized carbons (Fsp3) is 0.375. The van der Waals surface area contributed by atoms with Gasteiger partial charge >= 0.3 is 0 Å². The van der Waals surface area contributed by atoms with E-state index >= 15 is 0 Å². The summed E-state index contributed by atoms with van der Waals surface area (Å²) in [6.07, 6.45) is -4.54. The summed E-state index contributed by atoms with van der Waals surface area (Å²) in [6, 6.07) is 2.86. The van der Waals surface area contributed by atoms with E-state index in [4.69, 9.17) is 22.4 Å². The first-order valence-electron chi connectivity index (χ1n) is 4.12. The number of hydrogen-bond donors (Lipinski definition) is 3. The molecule has 0 aliphatic heterocycles. The number of aliphatic hydroxyl groups excluding tert-OH is 1. The molecule has 1 aromatic heterocycles. The maximum Gasteiger partial charge on any atom is 0.265 e. The number of anilines is 2. The summed E-state index contributed by atoms with van der Waals surface area (Å²) < 4.78 is 23.9. The van der Waals surface area contributed by atoms with Crippen molar-refractivity contribution >= 4 is 23.1 Å². The second-order valence-electron chi connectivity index (χ2n) is 2.89. The van der Waals surface area contributed by atoms with Crippen LogP contribution in [0.4, 0.5) is 20.3 Å². The predicted molar refractivity (Wildman–Crippen MR) is 54.2 cm³/mol. The third-order valence-electron chi connectivity index (χ3n) is 1.60. The largest absolute Gasteiger partial charge is 0.399 e. The van der Waals surface area contributed by atoms with Gasteiger partial charge in [-0.25, -0.2) is 13.8 Å². The van der Waals surface area contributed by atoms with Crippen LogP contribution in [0, 0.1) is 0 Å². The van der Waals surface area contributed by atoms with Crippen LogP contribution in [0.3, 0.4) is 0 Å². The monoisotopic (exact) mass is 237 g/mol. The summed E-state index contributed by atoms with van der Waals surface area (Å²) >= 11 is 5.59. The molecule has 1 rings (SSSR count). The molecule has 4 nitrogen and oxygen atoms in total. The SMILES string of the molecule is Nc1cc(Cl)nc(NCC(O)C(F)F)c1. The molecule has 0 saturated heterocycles. The molecule has 0 aliphatic carbocycles. The Bertz CT molecular complexity index is 317. The molecule has 7 heteroatoms. The van der Waals surface area contributed by atoms with Crippen molar-refractivity contribution in [2.24, 2.45) is 0 Å². The molecule has 0 bridgehead atoms.